The first-order valence-corrected chi connectivity index (χ1v) is 7.58. The number of fused-ring (bicyclic) bond motifs is 1. The molecule has 1 atom stereocenters. The van der Waals surface area contributed by atoms with Crippen molar-refractivity contribution in [2.45, 2.75) is 39.8 Å². The van der Waals surface area contributed by atoms with Crippen LogP contribution in [0.4, 0.5) is 0 Å². The van der Waals surface area contributed by atoms with Crippen molar-refractivity contribution in [2.24, 2.45) is 0 Å². The van der Waals surface area contributed by atoms with Crippen LogP contribution in [0.1, 0.15) is 29.6 Å². The third kappa shape index (κ3) is 2.98. The van der Waals surface area contributed by atoms with E-state index >= 15 is 0 Å². The predicted octanol–water partition coefficient (Wildman–Crippen LogP) is 1.90. The summed E-state index contributed by atoms with van der Waals surface area (Å²) in [5.41, 5.74) is 0.800. The Hall–Kier alpha value is -1.73. The fourth-order valence-electron chi connectivity index (χ4n) is 2.40. The maximum Gasteiger partial charge on any atom is 0.320 e. The maximum absolute atomic E-state index is 12.2. The fraction of sp³-hybridized carbons (Fsp3) is 0.500. The second kappa shape index (κ2) is 5.95. The van der Waals surface area contributed by atoms with Gasteiger partial charge in [0.2, 0.25) is 0 Å². The zero-order valence-corrected chi connectivity index (χ0v) is 13.4. The van der Waals surface area contributed by atoms with Gasteiger partial charge in [-0.1, -0.05) is 6.92 Å². The van der Waals surface area contributed by atoms with Crippen LogP contribution in [-0.2, 0) is 11.3 Å². The van der Waals surface area contributed by atoms with Crippen molar-refractivity contribution in [3.8, 4) is 0 Å². The fourth-order valence-corrected chi connectivity index (χ4v) is 3.44. The quantitative estimate of drug-likeness (QED) is 0.881. The molecule has 2 rings (SSSR count). The lowest BCUT2D eigenvalue weighted by Gasteiger charge is -2.22. The summed E-state index contributed by atoms with van der Waals surface area (Å²) < 4.78 is 0. The number of H-pyrrole nitrogens is 1. The number of nitrogens with one attached hydrogen (secondary N) is 1. The van der Waals surface area contributed by atoms with Crippen molar-refractivity contribution < 1.29 is 9.90 Å². The van der Waals surface area contributed by atoms with Crippen molar-refractivity contribution in [2.75, 3.05) is 7.05 Å². The highest BCUT2D eigenvalue weighted by atomic mass is 32.1. The number of carboxylic acids is 1. The number of thiophene rings is 1. The van der Waals surface area contributed by atoms with E-state index < -0.39 is 12.0 Å². The molecule has 2 aromatic heterocycles. The third-order valence-electron chi connectivity index (χ3n) is 3.69. The Kier molecular flexibility index (Phi) is 4.43. The second-order valence-electron chi connectivity index (χ2n) is 5.15. The number of aromatic nitrogens is 2. The lowest BCUT2D eigenvalue weighted by atomic mass is 10.2. The summed E-state index contributed by atoms with van der Waals surface area (Å²) in [6.07, 6.45) is 0.496. The summed E-state index contributed by atoms with van der Waals surface area (Å²) >= 11 is 1.49. The molecule has 2 aromatic rings. The van der Waals surface area contributed by atoms with E-state index in [0.29, 0.717) is 29.0 Å². The highest BCUT2D eigenvalue weighted by Crippen LogP contribution is 2.25. The number of aliphatic carboxylic acids is 1. The average Bonchev–Trinajstić information content (AvgIpc) is 2.65. The van der Waals surface area contributed by atoms with Gasteiger partial charge in [-0.25, -0.2) is 4.98 Å². The van der Waals surface area contributed by atoms with Crippen molar-refractivity contribution >= 4 is 27.5 Å². The smallest absolute Gasteiger partial charge is 0.320 e. The van der Waals surface area contributed by atoms with E-state index in [1.165, 1.54) is 11.3 Å². The Bertz CT molecular complexity index is 735. The van der Waals surface area contributed by atoms with E-state index in [2.05, 4.69) is 9.97 Å². The number of aryl methyl sites for hydroxylation is 2. The Morgan fingerprint density at radius 1 is 1.48 bits per heavy atom. The van der Waals surface area contributed by atoms with Gasteiger partial charge < -0.3 is 10.1 Å². The topological polar surface area (TPSA) is 86.3 Å². The minimum atomic E-state index is -0.869. The molecule has 0 saturated carbocycles. The van der Waals surface area contributed by atoms with Crippen molar-refractivity contribution in [3.05, 3.63) is 26.6 Å². The lowest BCUT2D eigenvalue weighted by molar-refractivity contribution is -0.143. The number of hydrogen-bond donors (Lipinski definition) is 2. The highest BCUT2D eigenvalue weighted by molar-refractivity contribution is 7.18. The number of likely N-dealkylation sites (N-methyl/N-ethyl adjacent to an activating group) is 1. The van der Waals surface area contributed by atoms with E-state index in [0.717, 1.165) is 10.4 Å². The summed E-state index contributed by atoms with van der Waals surface area (Å²) in [4.78, 5) is 34.0. The SMILES string of the molecule is CCC(C(=O)O)N(C)Cc1nc2sc(C)c(C)c2c(=O)[nH]1. The molecule has 1 unspecified atom stereocenters. The molecule has 0 aliphatic rings. The molecule has 7 heteroatoms. The largest absolute Gasteiger partial charge is 0.480 e. The van der Waals surface area contributed by atoms with Gasteiger partial charge in [-0.15, -0.1) is 11.3 Å². The monoisotopic (exact) mass is 309 g/mol. The van der Waals surface area contributed by atoms with Crippen LogP contribution in [0.3, 0.4) is 0 Å². The number of aromatic amines is 1. The Balaban J connectivity index is 2.36. The third-order valence-corrected chi connectivity index (χ3v) is 4.79. The van der Waals surface area contributed by atoms with Crippen LogP contribution in [0.25, 0.3) is 10.2 Å². The first kappa shape index (κ1) is 15.7. The van der Waals surface area contributed by atoms with Gasteiger partial charge in [0, 0.05) is 4.88 Å². The molecular formula is C14H19N3O3S. The van der Waals surface area contributed by atoms with Crippen LogP contribution in [0.5, 0.6) is 0 Å². The molecule has 0 aliphatic heterocycles. The lowest BCUT2D eigenvalue weighted by Crippen LogP contribution is -2.38. The Morgan fingerprint density at radius 2 is 2.14 bits per heavy atom. The van der Waals surface area contributed by atoms with E-state index in [4.69, 9.17) is 5.11 Å². The molecule has 0 spiro atoms. The van der Waals surface area contributed by atoms with Gasteiger partial charge in [0.1, 0.15) is 16.7 Å². The molecular weight excluding hydrogens is 290 g/mol. The Labute approximate surface area is 126 Å². The van der Waals surface area contributed by atoms with Crippen molar-refractivity contribution in [3.63, 3.8) is 0 Å². The first-order chi connectivity index (χ1) is 9.85. The molecule has 114 valence electrons. The van der Waals surface area contributed by atoms with Gasteiger partial charge in [-0.2, -0.15) is 0 Å². The normalized spacial score (nSPS) is 13.0. The molecule has 2 N–H and O–H groups in total. The summed E-state index contributed by atoms with van der Waals surface area (Å²) in [5, 5.41) is 9.79. The molecule has 0 fully saturated rings. The van der Waals surface area contributed by atoms with Crippen LogP contribution in [0.2, 0.25) is 0 Å². The molecule has 0 saturated heterocycles. The van der Waals surface area contributed by atoms with Crippen molar-refractivity contribution in [1.29, 1.82) is 0 Å². The predicted molar refractivity (Wildman–Crippen MR) is 82.9 cm³/mol. The molecule has 0 aromatic carbocycles. The number of hydrogen-bond acceptors (Lipinski definition) is 5. The van der Waals surface area contributed by atoms with E-state index in [1.54, 1.807) is 11.9 Å². The average molecular weight is 309 g/mol. The van der Waals surface area contributed by atoms with E-state index in [1.807, 2.05) is 20.8 Å². The summed E-state index contributed by atoms with van der Waals surface area (Å²) in [6, 6.07) is -0.585. The van der Waals surface area contributed by atoms with Gasteiger partial charge in [-0.3, -0.25) is 14.5 Å². The minimum Gasteiger partial charge on any atom is -0.480 e. The van der Waals surface area contributed by atoms with Crippen molar-refractivity contribution in [1.82, 2.24) is 14.9 Å². The molecule has 0 aliphatic carbocycles. The van der Waals surface area contributed by atoms with Crippen LogP contribution in [0, 0.1) is 13.8 Å². The molecule has 2 heterocycles. The van der Waals surface area contributed by atoms with Crippen LogP contribution in [0.15, 0.2) is 4.79 Å². The summed E-state index contributed by atoms with van der Waals surface area (Å²) in [5.74, 6) is -0.373. The number of nitrogens with zero attached hydrogens (tertiary/aromatic N) is 2. The molecule has 0 bridgehead atoms. The van der Waals surface area contributed by atoms with Gasteiger partial charge in [0.15, 0.2) is 0 Å². The number of carbonyl (C=O) groups is 1. The summed E-state index contributed by atoms with van der Waals surface area (Å²) in [7, 11) is 1.72. The Morgan fingerprint density at radius 3 is 2.71 bits per heavy atom. The molecule has 6 nitrogen and oxygen atoms in total. The van der Waals surface area contributed by atoms with Gasteiger partial charge in [0.25, 0.3) is 5.56 Å². The molecule has 21 heavy (non-hydrogen) atoms. The molecule has 0 amide bonds. The zero-order valence-electron chi connectivity index (χ0n) is 12.6. The zero-order chi connectivity index (χ0) is 15.7. The van der Waals surface area contributed by atoms with Crippen LogP contribution in [-0.4, -0.2) is 39.0 Å². The van der Waals surface area contributed by atoms with E-state index in [-0.39, 0.29) is 5.56 Å². The first-order valence-electron chi connectivity index (χ1n) is 6.77. The maximum atomic E-state index is 12.2. The molecule has 0 radical (unpaired) electrons. The van der Waals surface area contributed by atoms with Gasteiger partial charge >= 0.3 is 5.97 Å². The second-order valence-corrected chi connectivity index (χ2v) is 6.36. The van der Waals surface area contributed by atoms with Gasteiger partial charge in [0.05, 0.1) is 11.9 Å². The summed E-state index contributed by atoms with van der Waals surface area (Å²) in [6.45, 7) is 5.99. The van der Waals surface area contributed by atoms with Crippen LogP contribution < -0.4 is 5.56 Å². The van der Waals surface area contributed by atoms with Crippen LogP contribution >= 0.6 is 11.3 Å². The number of rotatable bonds is 5. The van der Waals surface area contributed by atoms with Gasteiger partial charge in [-0.05, 0) is 32.9 Å². The van der Waals surface area contributed by atoms with E-state index in [9.17, 15) is 9.59 Å². The minimum absolute atomic E-state index is 0.159. The highest BCUT2D eigenvalue weighted by Gasteiger charge is 2.21. The number of carboxylic acid groups (broad SMARTS) is 1. The standard InChI is InChI=1S/C14H19N3O3S/c1-5-9(14(19)20)17(4)6-10-15-12(18)11-7(2)8(3)21-13(11)16-10/h9H,5-6H2,1-4H3,(H,19,20)(H,15,16,18).